The quantitative estimate of drug-likeness (QED) is 0.684. The van der Waals surface area contributed by atoms with Gasteiger partial charge in [0.05, 0.1) is 0 Å². The zero-order valence-corrected chi connectivity index (χ0v) is 8.64. The van der Waals surface area contributed by atoms with Crippen LogP contribution >= 0.6 is 0 Å². The molecular weight excluding hydrogens is 148 g/mol. The first-order valence-corrected chi connectivity index (χ1v) is 5.09. The van der Waals surface area contributed by atoms with E-state index in [4.69, 9.17) is 0 Å². The van der Waals surface area contributed by atoms with Gasteiger partial charge in [0.1, 0.15) is 0 Å². The Hall–Kier alpha value is -0.0800. The van der Waals surface area contributed by atoms with E-state index in [1.165, 1.54) is 26.1 Å². The average Bonchev–Trinajstić information content (AvgIpc) is 1.99. The average molecular weight is 170 g/mol. The van der Waals surface area contributed by atoms with E-state index >= 15 is 0 Å². The van der Waals surface area contributed by atoms with Gasteiger partial charge >= 0.3 is 0 Å². The molecule has 1 heterocycles. The molecule has 1 saturated heterocycles. The number of rotatable bonds is 3. The van der Waals surface area contributed by atoms with Gasteiger partial charge in [0.2, 0.25) is 0 Å². The maximum atomic E-state index is 3.20. The van der Waals surface area contributed by atoms with Crippen LogP contribution in [-0.2, 0) is 0 Å². The van der Waals surface area contributed by atoms with Crippen LogP contribution in [-0.4, -0.2) is 38.1 Å². The maximum absolute atomic E-state index is 3.20. The summed E-state index contributed by atoms with van der Waals surface area (Å²) in [5, 5.41) is 3.20. The Morgan fingerprint density at radius 1 is 1.25 bits per heavy atom. The summed E-state index contributed by atoms with van der Waals surface area (Å²) < 4.78 is 0. The lowest BCUT2D eigenvalue weighted by Gasteiger charge is -2.34. The Bertz CT molecular complexity index is 115. The Balaban J connectivity index is 2.24. The largest absolute Gasteiger partial charge is 0.318 e. The van der Waals surface area contributed by atoms with Gasteiger partial charge in [-0.05, 0) is 25.3 Å². The van der Waals surface area contributed by atoms with Gasteiger partial charge in [0, 0.05) is 26.2 Å². The molecule has 72 valence electrons. The second-order valence-corrected chi connectivity index (χ2v) is 4.31. The zero-order valence-electron chi connectivity index (χ0n) is 8.64. The molecule has 1 rings (SSSR count). The van der Waals surface area contributed by atoms with Crippen LogP contribution in [0.2, 0.25) is 0 Å². The Morgan fingerprint density at radius 3 is 2.33 bits per heavy atom. The standard InChI is InChI=1S/C10H22N2/c1-9-6-10(2)8-12(7-9)5-4-11-3/h9-11H,4-8H2,1-3H3/t9-,10-/m1/s1. The number of likely N-dealkylation sites (tertiary alicyclic amines) is 1. The predicted molar refractivity (Wildman–Crippen MR) is 53.3 cm³/mol. The minimum absolute atomic E-state index is 0.894. The molecule has 2 nitrogen and oxygen atoms in total. The lowest BCUT2D eigenvalue weighted by Crippen LogP contribution is -2.41. The number of piperidine rings is 1. The fourth-order valence-corrected chi connectivity index (χ4v) is 2.24. The van der Waals surface area contributed by atoms with Crippen LogP contribution in [0.15, 0.2) is 0 Å². The van der Waals surface area contributed by atoms with Gasteiger partial charge in [-0.2, -0.15) is 0 Å². The molecule has 0 aromatic rings. The van der Waals surface area contributed by atoms with Crippen molar-refractivity contribution in [1.82, 2.24) is 10.2 Å². The molecule has 0 spiro atoms. The first-order chi connectivity index (χ1) is 5.72. The van der Waals surface area contributed by atoms with Gasteiger partial charge in [0.15, 0.2) is 0 Å². The molecule has 2 atom stereocenters. The van der Waals surface area contributed by atoms with E-state index in [-0.39, 0.29) is 0 Å². The van der Waals surface area contributed by atoms with Gasteiger partial charge in [0.25, 0.3) is 0 Å². The number of nitrogens with zero attached hydrogens (tertiary/aromatic N) is 1. The fraction of sp³-hybridized carbons (Fsp3) is 1.00. The molecule has 1 fully saturated rings. The Kier molecular flexibility index (Phi) is 4.02. The van der Waals surface area contributed by atoms with E-state index in [1.807, 2.05) is 7.05 Å². The predicted octanol–water partition coefficient (Wildman–Crippen LogP) is 1.18. The van der Waals surface area contributed by atoms with Crippen molar-refractivity contribution < 1.29 is 0 Å². The van der Waals surface area contributed by atoms with Crippen molar-refractivity contribution in [2.24, 2.45) is 11.8 Å². The molecule has 1 aliphatic heterocycles. The second-order valence-electron chi connectivity index (χ2n) is 4.31. The molecule has 0 bridgehead atoms. The van der Waals surface area contributed by atoms with Gasteiger partial charge in [-0.3, -0.25) is 0 Å². The minimum atomic E-state index is 0.894. The van der Waals surface area contributed by atoms with Crippen LogP contribution in [0.25, 0.3) is 0 Å². The third-order valence-corrected chi connectivity index (χ3v) is 2.62. The Labute approximate surface area is 76.3 Å². The summed E-state index contributed by atoms with van der Waals surface area (Å²) in [6, 6.07) is 0. The number of hydrogen-bond donors (Lipinski definition) is 1. The molecule has 2 heteroatoms. The highest BCUT2D eigenvalue weighted by molar-refractivity contribution is 4.74. The first kappa shape index (κ1) is 10.0. The maximum Gasteiger partial charge on any atom is 0.0107 e. The van der Waals surface area contributed by atoms with Crippen LogP contribution in [0.4, 0.5) is 0 Å². The Morgan fingerprint density at radius 2 is 1.83 bits per heavy atom. The highest BCUT2D eigenvalue weighted by atomic mass is 15.1. The summed E-state index contributed by atoms with van der Waals surface area (Å²) in [7, 11) is 2.02. The van der Waals surface area contributed by atoms with Crippen LogP contribution in [0, 0.1) is 11.8 Å². The van der Waals surface area contributed by atoms with Crippen molar-refractivity contribution in [1.29, 1.82) is 0 Å². The molecule has 0 aromatic carbocycles. The molecule has 0 unspecified atom stereocenters. The lowest BCUT2D eigenvalue weighted by atomic mass is 9.92. The molecule has 0 aromatic heterocycles. The second kappa shape index (κ2) is 4.83. The molecule has 0 radical (unpaired) electrons. The lowest BCUT2D eigenvalue weighted by molar-refractivity contribution is 0.142. The molecule has 12 heavy (non-hydrogen) atoms. The fourth-order valence-electron chi connectivity index (χ4n) is 2.24. The summed E-state index contributed by atoms with van der Waals surface area (Å²) in [4.78, 5) is 2.58. The SMILES string of the molecule is CNCCN1C[C@H](C)C[C@@H](C)C1. The van der Waals surface area contributed by atoms with Crippen molar-refractivity contribution in [3.8, 4) is 0 Å². The monoisotopic (exact) mass is 170 g/mol. The van der Waals surface area contributed by atoms with Crippen molar-refractivity contribution in [3.63, 3.8) is 0 Å². The van der Waals surface area contributed by atoms with Crippen LogP contribution < -0.4 is 5.32 Å². The number of likely N-dealkylation sites (N-methyl/N-ethyl adjacent to an activating group) is 1. The van der Waals surface area contributed by atoms with Crippen LogP contribution in [0.3, 0.4) is 0 Å². The molecule has 1 aliphatic rings. The van der Waals surface area contributed by atoms with E-state index in [0.29, 0.717) is 0 Å². The van der Waals surface area contributed by atoms with Crippen LogP contribution in [0.5, 0.6) is 0 Å². The molecule has 1 N–H and O–H groups in total. The van der Waals surface area contributed by atoms with Gasteiger partial charge < -0.3 is 10.2 Å². The van der Waals surface area contributed by atoms with E-state index in [1.54, 1.807) is 0 Å². The number of hydrogen-bond acceptors (Lipinski definition) is 2. The van der Waals surface area contributed by atoms with E-state index in [2.05, 4.69) is 24.1 Å². The van der Waals surface area contributed by atoms with Gasteiger partial charge in [-0.25, -0.2) is 0 Å². The van der Waals surface area contributed by atoms with Gasteiger partial charge in [-0.1, -0.05) is 13.8 Å². The molecular formula is C10H22N2. The third-order valence-electron chi connectivity index (χ3n) is 2.62. The van der Waals surface area contributed by atoms with Crippen molar-refractivity contribution in [2.45, 2.75) is 20.3 Å². The topological polar surface area (TPSA) is 15.3 Å². The van der Waals surface area contributed by atoms with Gasteiger partial charge in [-0.15, -0.1) is 0 Å². The minimum Gasteiger partial charge on any atom is -0.318 e. The molecule has 0 aliphatic carbocycles. The number of nitrogens with one attached hydrogen (secondary N) is 1. The summed E-state index contributed by atoms with van der Waals surface area (Å²) in [5.74, 6) is 1.79. The van der Waals surface area contributed by atoms with Crippen molar-refractivity contribution in [2.75, 3.05) is 33.2 Å². The van der Waals surface area contributed by atoms with Crippen LogP contribution in [0.1, 0.15) is 20.3 Å². The highest BCUT2D eigenvalue weighted by Crippen LogP contribution is 2.20. The summed E-state index contributed by atoms with van der Waals surface area (Å²) in [5.41, 5.74) is 0. The smallest absolute Gasteiger partial charge is 0.0107 e. The van der Waals surface area contributed by atoms with E-state index in [0.717, 1.165) is 18.4 Å². The zero-order chi connectivity index (χ0) is 8.97. The first-order valence-electron chi connectivity index (χ1n) is 5.09. The summed E-state index contributed by atoms with van der Waals surface area (Å²) >= 11 is 0. The van der Waals surface area contributed by atoms with Crippen molar-refractivity contribution in [3.05, 3.63) is 0 Å². The highest BCUT2D eigenvalue weighted by Gasteiger charge is 2.20. The van der Waals surface area contributed by atoms with E-state index in [9.17, 15) is 0 Å². The van der Waals surface area contributed by atoms with Crippen molar-refractivity contribution >= 4 is 0 Å². The normalized spacial score (nSPS) is 32.2. The van der Waals surface area contributed by atoms with E-state index < -0.39 is 0 Å². The molecule has 0 saturated carbocycles. The summed E-state index contributed by atoms with van der Waals surface area (Å²) in [6.45, 7) is 9.66. The molecule has 0 amide bonds. The summed E-state index contributed by atoms with van der Waals surface area (Å²) in [6.07, 6.45) is 1.41. The third kappa shape index (κ3) is 3.11.